The smallest absolute Gasteiger partial charge is 0.337 e. The van der Waals surface area contributed by atoms with Gasteiger partial charge in [0.15, 0.2) is 0 Å². The van der Waals surface area contributed by atoms with Crippen molar-refractivity contribution in [2.45, 2.75) is 41.2 Å². The number of carbonyl (C=O) groups is 1. The number of aromatic carboxylic acids is 1. The van der Waals surface area contributed by atoms with E-state index in [1.165, 1.54) is 30.3 Å². The molecule has 0 saturated heterocycles. The molecule has 2 atom stereocenters. The SMILES string of the molecule is CS(=O)(=O)C1CCCC(Sc2ccc(C(=O)O)cn2)C1. The van der Waals surface area contributed by atoms with Crippen molar-refractivity contribution in [2.24, 2.45) is 0 Å². The van der Waals surface area contributed by atoms with Gasteiger partial charge in [0, 0.05) is 17.7 Å². The molecule has 0 aromatic carbocycles. The average Bonchev–Trinajstić information content (AvgIpc) is 2.38. The van der Waals surface area contributed by atoms with Crippen LogP contribution in [0, 0.1) is 0 Å². The number of carboxylic acids is 1. The molecule has 0 spiro atoms. The van der Waals surface area contributed by atoms with Gasteiger partial charge in [-0.25, -0.2) is 18.2 Å². The summed E-state index contributed by atoms with van der Waals surface area (Å²) < 4.78 is 23.2. The minimum atomic E-state index is -2.98. The highest BCUT2D eigenvalue weighted by atomic mass is 32.2. The van der Waals surface area contributed by atoms with Gasteiger partial charge in [-0.05, 0) is 31.4 Å². The highest BCUT2D eigenvalue weighted by molar-refractivity contribution is 8.00. The monoisotopic (exact) mass is 315 g/mol. The molecule has 0 amide bonds. The molecule has 1 aromatic rings. The molecule has 110 valence electrons. The zero-order chi connectivity index (χ0) is 14.8. The van der Waals surface area contributed by atoms with E-state index in [1.54, 1.807) is 6.07 Å². The lowest BCUT2D eigenvalue weighted by molar-refractivity contribution is 0.0696. The minimum absolute atomic E-state index is 0.159. The summed E-state index contributed by atoms with van der Waals surface area (Å²) in [5, 5.41) is 9.52. The summed E-state index contributed by atoms with van der Waals surface area (Å²) in [5.74, 6) is -0.996. The second kappa shape index (κ2) is 6.13. The Kier molecular flexibility index (Phi) is 4.70. The fraction of sp³-hybridized carbons (Fsp3) is 0.538. The molecule has 0 radical (unpaired) electrons. The van der Waals surface area contributed by atoms with E-state index >= 15 is 0 Å². The van der Waals surface area contributed by atoms with Crippen molar-refractivity contribution in [2.75, 3.05) is 6.26 Å². The van der Waals surface area contributed by atoms with Crippen LogP contribution in [0.2, 0.25) is 0 Å². The first-order chi connectivity index (χ1) is 9.36. The van der Waals surface area contributed by atoms with Crippen molar-refractivity contribution in [3.63, 3.8) is 0 Å². The third kappa shape index (κ3) is 3.96. The molecule has 0 bridgehead atoms. The normalized spacial score (nSPS) is 23.4. The number of sulfone groups is 1. The van der Waals surface area contributed by atoms with Gasteiger partial charge in [0.05, 0.1) is 15.8 Å². The lowest BCUT2D eigenvalue weighted by Gasteiger charge is -2.27. The van der Waals surface area contributed by atoms with Gasteiger partial charge in [0.1, 0.15) is 9.84 Å². The topological polar surface area (TPSA) is 84.3 Å². The van der Waals surface area contributed by atoms with E-state index in [4.69, 9.17) is 5.11 Å². The predicted molar refractivity (Wildman–Crippen MR) is 77.9 cm³/mol. The van der Waals surface area contributed by atoms with Gasteiger partial charge in [0.2, 0.25) is 0 Å². The highest BCUT2D eigenvalue weighted by Crippen LogP contribution is 2.35. The highest BCUT2D eigenvalue weighted by Gasteiger charge is 2.29. The van der Waals surface area contributed by atoms with Gasteiger partial charge in [-0.3, -0.25) is 0 Å². The minimum Gasteiger partial charge on any atom is -0.478 e. The second-order valence-electron chi connectivity index (χ2n) is 5.05. The van der Waals surface area contributed by atoms with Crippen molar-refractivity contribution in [1.82, 2.24) is 4.98 Å². The van der Waals surface area contributed by atoms with Crippen LogP contribution in [-0.2, 0) is 9.84 Å². The third-order valence-electron chi connectivity index (χ3n) is 3.45. The molecule has 1 fully saturated rings. The van der Waals surface area contributed by atoms with Crippen LogP contribution in [0.15, 0.2) is 23.4 Å². The Morgan fingerprint density at radius 2 is 2.15 bits per heavy atom. The number of carboxylic acid groups (broad SMARTS) is 1. The third-order valence-corrected chi connectivity index (χ3v) is 6.34. The van der Waals surface area contributed by atoms with E-state index in [-0.39, 0.29) is 16.1 Å². The first kappa shape index (κ1) is 15.3. The molecule has 5 nitrogen and oxygen atoms in total. The van der Waals surface area contributed by atoms with Crippen LogP contribution in [-0.4, -0.2) is 41.2 Å². The number of hydrogen-bond donors (Lipinski definition) is 1. The van der Waals surface area contributed by atoms with Gasteiger partial charge in [0.25, 0.3) is 0 Å². The maximum absolute atomic E-state index is 11.6. The van der Waals surface area contributed by atoms with Crippen molar-refractivity contribution < 1.29 is 18.3 Å². The quantitative estimate of drug-likeness (QED) is 0.917. The molecule has 1 aliphatic carbocycles. The van der Waals surface area contributed by atoms with Crippen LogP contribution < -0.4 is 0 Å². The Bertz CT molecular complexity index is 583. The molecule has 1 aromatic heterocycles. The zero-order valence-electron chi connectivity index (χ0n) is 11.2. The molecular formula is C13H17NO4S2. The van der Waals surface area contributed by atoms with E-state index in [0.717, 1.165) is 24.3 Å². The average molecular weight is 315 g/mol. The molecule has 2 rings (SSSR count). The van der Waals surface area contributed by atoms with E-state index < -0.39 is 15.8 Å². The summed E-state index contributed by atoms with van der Waals surface area (Å²) in [5.41, 5.74) is 0.159. The van der Waals surface area contributed by atoms with Crippen LogP contribution in [0.5, 0.6) is 0 Å². The van der Waals surface area contributed by atoms with Crippen molar-refractivity contribution >= 4 is 27.6 Å². The number of thioether (sulfide) groups is 1. The van der Waals surface area contributed by atoms with Crippen molar-refractivity contribution in [3.8, 4) is 0 Å². The first-order valence-electron chi connectivity index (χ1n) is 6.41. The molecule has 0 aliphatic heterocycles. The first-order valence-corrected chi connectivity index (χ1v) is 9.24. The Hall–Kier alpha value is -1.08. The lowest BCUT2D eigenvalue weighted by Crippen LogP contribution is -2.28. The Balaban J connectivity index is 2.01. The number of pyridine rings is 1. The van der Waals surface area contributed by atoms with E-state index in [1.807, 2.05) is 0 Å². The standard InChI is InChI=1S/C13H17NO4S2/c1-20(17,18)11-4-2-3-10(7-11)19-12-6-5-9(8-14-12)13(15)16/h5-6,8,10-11H,2-4,7H2,1H3,(H,15,16). The molecule has 2 unspecified atom stereocenters. The molecule has 20 heavy (non-hydrogen) atoms. The lowest BCUT2D eigenvalue weighted by atomic mass is 10.00. The van der Waals surface area contributed by atoms with Crippen molar-refractivity contribution in [3.05, 3.63) is 23.9 Å². The van der Waals surface area contributed by atoms with Crippen LogP contribution in [0.4, 0.5) is 0 Å². The Morgan fingerprint density at radius 3 is 2.70 bits per heavy atom. The molecule has 1 heterocycles. The summed E-state index contributed by atoms with van der Waals surface area (Å²) in [6, 6.07) is 3.20. The Morgan fingerprint density at radius 1 is 1.40 bits per heavy atom. The van der Waals surface area contributed by atoms with Crippen molar-refractivity contribution in [1.29, 1.82) is 0 Å². The van der Waals surface area contributed by atoms with Gasteiger partial charge < -0.3 is 5.11 Å². The fourth-order valence-corrected chi connectivity index (χ4v) is 4.86. The summed E-state index contributed by atoms with van der Waals surface area (Å²) in [4.78, 5) is 14.9. The van der Waals surface area contributed by atoms with Crippen LogP contribution in [0.3, 0.4) is 0 Å². The number of aromatic nitrogens is 1. The maximum atomic E-state index is 11.6. The van der Waals surface area contributed by atoms with E-state index in [0.29, 0.717) is 6.42 Å². The van der Waals surface area contributed by atoms with E-state index in [9.17, 15) is 13.2 Å². The summed E-state index contributed by atoms with van der Waals surface area (Å²) in [7, 11) is -2.98. The molecule has 1 aliphatic rings. The zero-order valence-corrected chi connectivity index (χ0v) is 12.8. The predicted octanol–water partition coefficient (Wildman–Crippen LogP) is 2.23. The molecule has 7 heteroatoms. The molecule has 1 N–H and O–H groups in total. The second-order valence-corrected chi connectivity index (χ2v) is 8.69. The van der Waals surface area contributed by atoms with Gasteiger partial charge in [-0.1, -0.05) is 6.42 Å². The van der Waals surface area contributed by atoms with Crippen LogP contribution in [0.1, 0.15) is 36.0 Å². The van der Waals surface area contributed by atoms with Gasteiger partial charge in [-0.15, -0.1) is 11.8 Å². The van der Waals surface area contributed by atoms with Crippen LogP contribution in [0.25, 0.3) is 0 Å². The van der Waals surface area contributed by atoms with Gasteiger partial charge in [-0.2, -0.15) is 0 Å². The fourth-order valence-electron chi connectivity index (χ4n) is 2.35. The molecule has 1 saturated carbocycles. The number of hydrogen-bond acceptors (Lipinski definition) is 5. The summed E-state index contributed by atoms with van der Waals surface area (Å²) in [6.07, 6.45) is 5.89. The van der Waals surface area contributed by atoms with E-state index in [2.05, 4.69) is 4.98 Å². The number of rotatable bonds is 4. The summed E-state index contributed by atoms with van der Waals surface area (Å²) >= 11 is 1.54. The Labute approximate surface area is 122 Å². The maximum Gasteiger partial charge on any atom is 0.337 e. The summed E-state index contributed by atoms with van der Waals surface area (Å²) in [6.45, 7) is 0. The number of nitrogens with zero attached hydrogens (tertiary/aromatic N) is 1. The van der Waals surface area contributed by atoms with Gasteiger partial charge >= 0.3 is 5.97 Å². The molecular weight excluding hydrogens is 298 g/mol. The van der Waals surface area contributed by atoms with Crippen LogP contribution >= 0.6 is 11.8 Å². The largest absolute Gasteiger partial charge is 0.478 e.